The number of hydrogen-bond donors (Lipinski definition) is 7. The molecule has 15 nitrogen and oxygen atoms in total. The van der Waals surface area contributed by atoms with Gasteiger partial charge in [0.1, 0.15) is 11.5 Å². The monoisotopic (exact) mass is 797 g/mol. The van der Waals surface area contributed by atoms with Crippen LogP contribution in [0.25, 0.3) is 0 Å². The van der Waals surface area contributed by atoms with Gasteiger partial charge in [0.2, 0.25) is 0 Å². The molecule has 16 heteroatoms. The van der Waals surface area contributed by atoms with Crippen LogP contribution >= 0.6 is 11.6 Å². The number of nitrogens with one attached hydrogen (secondary N) is 5. The van der Waals surface area contributed by atoms with Crippen molar-refractivity contribution in [2.24, 2.45) is 0 Å². The number of amides is 3. The van der Waals surface area contributed by atoms with Crippen molar-refractivity contribution in [3.63, 3.8) is 0 Å². The number of hydrogen-bond acceptors (Lipinski definition) is 9. The largest absolute Gasteiger partial charge is 0.484 e. The molecule has 3 amide bonds. The third-order valence-electron chi connectivity index (χ3n) is 9.92. The number of piperidine rings is 1. The van der Waals surface area contributed by atoms with Gasteiger partial charge in [-0.15, -0.1) is 0 Å². The molecule has 1 fully saturated rings. The van der Waals surface area contributed by atoms with Crippen LogP contribution in [0.2, 0.25) is 5.15 Å². The predicted molar refractivity (Wildman–Crippen MR) is 218 cm³/mol. The zero-order valence-electron chi connectivity index (χ0n) is 33.4. The molecule has 0 saturated carbocycles. The van der Waals surface area contributed by atoms with E-state index < -0.39 is 5.91 Å². The number of nitrogens with zero attached hydrogens (tertiary/aromatic N) is 3. The highest BCUT2D eigenvalue weighted by molar-refractivity contribution is 6.31. The Hall–Kier alpha value is -4.70. The molecular formula is C40H62ClN10O5+3. The van der Waals surface area contributed by atoms with Crippen molar-refractivity contribution in [2.75, 3.05) is 105 Å². The van der Waals surface area contributed by atoms with Gasteiger partial charge in [-0.25, -0.2) is 9.97 Å². The number of carbonyl (C=O) groups excluding carboxylic acids is 3. The van der Waals surface area contributed by atoms with Crippen LogP contribution in [0.1, 0.15) is 47.3 Å². The first-order chi connectivity index (χ1) is 26.8. The van der Waals surface area contributed by atoms with E-state index in [9.17, 15) is 14.4 Å². The number of aryl methyl sites for hydroxylation is 2. The van der Waals surface area contributed by atoms with Crippen molar-refractivity contribution in [1.82, 2.24) is 25.9 Å². The number of halogens is 1. The van der Waals surface area contributed by atoms with Gasteiger partial charge in [0, 0.05) is 12.8 Å². The van der Waals surface area contributed by atoms with Gasteiger partial charge >= 0.3 is 0 Å². The van der Waals surface area contributed by atoms with Crippen molar-refractivity contribution in [3.8, 4) is 11.5 Å². The molecule has 56 heavy (non-hydrogen) atoms. The Morgan fingerprint density at radius 1 is 0.786 bits per heavy atom. The van der Waals surface area contributed by atoms with E-state index in [1.54, 1.807) is 0 Å². The van der Waals surface area contributed by atoms with Crippen LogP contribution in [-0.2, 0) is 22.4 Å². The summed E-state index contributed by atoms with van der Waals surface area (Å²) in [5, 5.41) is 8.86. The molecule has 1 aliphatic rings. The zero-order chi connectivity index (χ0) is 40.5. The molecule has 1 saturated heterocycles. The fraction of sp³-hybridized carbons (Fsp3) is 0.525. The summed E-state index contributed by atoms with van der Waals surface area (Å²) in [5.41, 5.74) is 14.1. The average molecular weight is 798 g/mol. The Kier molecular flexibility index (Phi) is 17.4. The highest BCUT2D eigenvalue weighted by atomic mass is 35.5. The minimum atomic E-state index is -0.411. The Morgan fingerprint density at radius 2 is 1.29 bits per heavy atom. The lowest BCUT2D eigenvalue weighted by molar-refractivity contribution is -0.933. The van der Waals surface area contributed by atoms with Crippen LogP contribution in [0.15, 0.2) is 48.5 Å². The van der Waals surface area contributed by atoms with Crippen LogP contribution in [0, 0.1) is 0 Å². The molecular weight excluding hydrogens is 736 g/mol. The Bertz CT molecular complexity index is 1630. The molecule has 0 radical (unpaired) electrons. The van der Waals surface area contributed by atoms with Gasteiger partial charge in [-0.2, -0.15) is 0 Å². The quantitative estimate of drug-likeness (QED) is 0.0660. The lowest BCUT2D eigenvalue weighted by Gasteiger charge is -2.45. The number of aromatic nitrogens is 2. The first-order valence-corrected chi connectivity index (χ1v) is 20.0. The summed E-state index contributed by atoms with van der Waals surface area (Å²) in [6.45, 7) is 6.57. The maximum Gasteiger partial charge on any atom is 0.274 e. The van der Waals surface area contributed by atoms with E-state index in [1.807, 2.05) is 52.5 Å². The van der Waals surface area contributed by atoms with Crippen molar-refractivity contribution in [2.45, 2.75) is 44.6 Å². The van der Waals surface area contributed by atoms with E-state index in [4.69, 9.17) is 32.5 Å². The van der Waals surface area contributed by atoms with Gasteiger partial charge in [0.05, 0.1) is 86.6 Å². The standard InChI is InChI=1S/C40H59ClN10O5/c1-49(2)21-19-44-34(52)27-55-32-15-11-29(12-16-32)8-5-23-51(25-7-10-31(26-51)46-40(54)36-38(42)48-39(43)37(41)47-36)24-6-9-30-13-17-33(18-14-30)56-28-35(53)45-20-22-50(3)4/h11-18,31H,5-10,19-28H2,1-4H3,(H6-,42,43,44,45,46,48,52,53,54)/p+3/t31-/m0/s1. The number of benzene rings is 2. The van der Waals surface area contributed by atoms with Gasteiger partial charge in [-0.05, 0) is 61.1 Å². The molecule has 0 bridgehead atoms. The summed E-state index contributed by atoms with van der Waals surface area (Å²) >= 11 is 6.07. The number of quaternary nitrogens is 3. The van der Waals surface area contributed by atoms with Crippen LogP contribution in [0.4, 0.5) is 11.6 Å². The second-order valence-corrected chi connectivity index (χ2v) is 15.7. The third-order valence-corrected chi connectivity index (χ3v) is 10.2. The lowest BCUT2D eigenvalue weighted by Crippen LogP contribution is -3.06. The molecule has 0 spiro atoms. The summed E-state index contributed by atoms with van der Waals surface area (Å²) in [6, 6.07) is 15.8. The summed E-state index contributed by atoms with van der Waals surface area (Å²) in [7, 11) is 8.17. The summed E-state index contributed by atoms with van der Waals surface area (Å²) < 4.78 is 12.3. The predicted octanol–water partition coefficient (Wildman–Crippen LogP) is -0.452. The van der Waals surface area contributed by atoms with E-state index >= 15 is 0 Å². The number of ether oxygens (including phenoxy) is 2. The minimum Gasteiger partial charge on any atom is -0.484 e. The minimum absolute atomic E-state index is 0.0148. The molecule has 1 aliphatic heterocycles. The van der Waals surface area contributed by atoms with Crippen molar-refractivity contribution >= 4 is 41.0 Å². The highest BCUT2D eigenvalue weighted by Crippen LogP contribution is 2.25. The number of likely N-dealkylation sites (N-methyl/N-ethyl adjacent to an activating group) is 2. The summed E-state index contributed by atoms with van der Waals surface area (Å²) in [6.07, 6.45) is 5.49. The molecule has 0 aliphatic carbocycles. The second kappa shape index (κ2) is 22.1. The van der Waals surface area contributed by atoms with E-state index in [0.717, 1.165) is 82.3 Å². The maximum atomic E-state index is 13.3. The molecule has 9 N–H and O–H groups in total. The van der Waals surface area contributed by atoms with E-state index in [2.05, 4.69) is 50.2 Å². The van der Waals surface area contributed by atoms with Crippen molar-refractivity contribution in [3.05, 3.63) is 70.5 Å². The van der Waals surface area contributed by atoms with Crippen LogP contribution in [0.3, 0.4) is 0 Å². The zero-order valence-corrected chi connectivity index (χ0v) is 34.2. The molecule has 2 heterocycles. The Morgan fingerprint density at radius 3 is 1.77 bits per heavy atom. The highest BCUT2D eigenvalue weighted by Gasteiger charge is 2.35. The number of likely N-dealkylation sites (tertiary alicyclic amines) is 1. The summed E-state index contributed by atoms with van der Waals surface area (Å²) in [5.74, 6) is 0.578. The topological polar surface area (TPSA) is 192 Å². The van der Waals surface area contributed by atoms with E-state index in [-0.39, 0.29) is 53.6 Å². The fourth-order valence-corrected chi connectivity index (χ4v) is 6.99. The van der Waals surface area contributed by atoms with Crippen LogP contribution < -0.4 is 46.7 Å². The number of anilines is 2. The van der Waals surface area contributed by atoms with Gasteiger partial charge < -0.3 is 51.2 Å². The molecule has 2 aromatic carbocycles. The number of carbonyl (C=O) groups is 3. The normalized spacial score (nSPS) is 15.0. The van der Waals surface area contributed by atoms with Crippen LogP contribution in [-0.4, -0.2) is 132 Å². The first-order valence-electron chi connectivity index (χ1n) is 19.6. The fourth-order valence-electron chi connectivity index (χ4n) is 6.87. The molecule has 3 aromatic rings. The first kappa shape index (κ1) is 44.0. The Labute approximate surface area is 336 Å². The van der Waals surface area contributed by atoms with Crippen molar-refractivity contribution in [1.29, 1.82) is 0 Å². The average Bonchev–Trinajstić information content (AvgIpc) is 3.15. The maximum absolute atomic E-state index is 13.3. The molecule has 4 rings (SSSR count). The summed E-state index contributed by atoms with van der Waals surface area (Å²) in [4.78, 5) is 48.2. The van der Waals surface area contributed by atoms with Gasteiger partial charge in [0.25, 0.3) is 17.7 Å². The number of nitrogens with two attached hydrogens (primary N) is 2. The number of nitrogen functional groups attached to an aromatic ring is 2. The molecule has 306 valence electrons. The van der Waals surface area contributed by atoms with Crippen molar-refractivity contribution < 1.29 is 38.1 Å². The Balaban J connectivity index is 1.34. The smallest absolute Gasteiger partial charge is 0.274 e. The third kappa shape index (κ3) is 15.1. The molecule has 1 atom stereocenters. The van der Waals surface area contributed by atoms with E-state index in [0.29, 0.717) is 24.6 Å². The molecule has 0 unspecified atom stereocenters. The van der Waals surface area contributed by atoms with Gasteiger partial charge in [0.15, 0.2) is 35.7 Å². The van der Waals surface area contributed by atoms with E-state index in [1.165, 1.54) is 20.9 Å². The lowest BCUT2D eigenvalue weighted by atomic mass is 9.99. The van der Waals surface area contributed by atoms with Crippen LogP contribution in [0.5, 0.6) is 11.5 Å². The SMILES string of the molecule is C[NH+](C)CCNC(=O)COc1ccc(CCC[N+]2(CCCc3ccc(OCC(=O)NCC[NH+](C)C)cc3)CCC[C@H](NC(=O)c3nc(Cl)c(N)nc3N)C2)cc1. The molecule has 1 aromatic heterocycles. The van der Waals surface area contributed by atoms with Gasteiger partial charge in [-0.1, -0.05) is 35.9 Å². The number of rotatable bonds is 22. The second-order valence-electron chi connectivity index (χ2n) is 15.3. The van der Waals surface area contributed by atoms with Gasteiger partial charge in [-0.3, -0.25) is 14.4 Å².